The van der Waals surface area contributed by atoms with Gasteiger partial charge in [-0.1, -0.05) is 41.9 Å². The fourth-order valence-electron chi connectivity index (χ4n) is 3.22. The van der Waals surface area contributed by atoms with Crippen molar-refractivity contribution >= 4 is 29.3 Å². The summed E-state index contributed by atoms with van der Waals surface area (Å²) in [6.45, 7) is 0. The molecule has 0 aliphatic carbocycles. The molecule has 35 heavy (non-hydrogen) atoms. The van der Waals surface area contributed by atoms with Crippen LogP contribution in [0.25, 0.3) is 5.69 Å². The Morgan fingerprint density at radius 1 is 0.829 bits per heavy atom. The van der Waals surface area contributed by atoms with E-state index in [1.807, 2.05) is 30.3 Å². The molecule has 176 valence electrons. The van der Waals surface area contributed by atoms with Crippen LogP contribution >= 0.6 is 11.6 Å². The topological polar surface area (TPSA) is 131 Å². The summed E-state index contributed by atoms with van der Waals surface area (Å²) in [5.74, 6) is -1.54. The molecule has 3 N–H and O–H groups in total. The number of tetrazole rings is 1. The highest BCUT2D eigenvalue weighted by Crippen LogP contribution is 2.11. The summed E-state index contributed by atoms with van der Waals surface area (Å²) >= 11 is 5.89. The Morgan fingerprint density at radius 3 is 2.14 bits per heavy atom. The van der Waals surface area contributed by atoms with Crippen molar-refractivity contribution in [1.82, 2.24) is 36.4 Å². The summed E-state index contributed by atoms with van der Waals surface area (Å²) in [5, 5.41) is 14.1. The Morgan fingerprint density at radius 2 is 1.49 bits per heavy atom. The van der Waals surface area contributed by atoms with E-state index in [1.165, 1.54) is 11.0 Å². The number of hydrogen-bond acceptors (Lipinski definition) is 6. The highest BCUT2D eigenvalue weighted by molar-refractivity contribution is 6.30. The minimum atomic E-state index is -0.942. The Kier molecular flexibility index (Phi) is 7.44. The minimum Gasteiger partial charge on any atom is -0.340 e. The van der Waals surface area contributed by atoms with Crippen LogP contribution in [0.1, 0.15) is 26.3 Å². The van der Waals surface area contributed by atoms with Gasteiger partial charge in [-0.15, -0.1) is 5.10 Å². The summed E-state index contributed by atoms with van der Waals surface area (Å²) in [6.07, 6.45) is 1.66. The normalized spacial score (nSPS) is 11.3. The molecule has 0 spiro atoms. The van der Waals surface area contributed by atoms with Gasteiger partial charge in [-0.2, -0.15) is 0 Å². The second kappa shape index (κ2) is 11.0. The number of amides is 3. The lowest BCUT2D eigenvalue weighted by Gasteiger charge is -2.19. The van der Waals surface area contributed by atoms with Crippen LogP contribution in [0.15, 0.2) is 85.2 Å². The second-order valence-corrected chi connectivity index (χ2v) is 7.90. The quantitative estimate of drug-likeness (QED) is 0.341. The third-order valence-electron chi connectivity index (χ3n) is 5.05. The summed E-state index contributed by atoms with van der Waals surface area (Å²) in [6, 6.07) is 21.1. The van der Waals surface area contributed by atoms with Gasteiger partial charge in [-0.3, -0.25) is 25.2 Å². The predicted molar refractivity (Wildman–Crippen MR) is 128 cm³/mol. The van der Waals surface area contributed by atoms with Crippen LogP contribution in [0, 0.1) is 0 Å². The molecule has 0 radical (unpaired) electrons. The molecule has 4 aromatic rings. The number of nitrogens with one attached hydrogen (secondary N) is 3. The first-order valence-corrected chi connectivity index (χ1v) is 10.9. The summed E-state index contributed by atoms with van der Waals surface area (Å²) in [7, 11) is 0. The maximum absolute atomic E-state index is 12.9. The lowest BCUT2D eigenvalue weighted by atomic mass is 10.0. The lowest BCUT2D eigenvalue weighted by molar-refractivity contribution is -0.123. The number of rotatable bonds is 7. The minimum absolute atomic E-state index is 0.225. The van der Waals surface area contributed by atoms with E-state index in [4.69, 9.17) is 11.6 Å². The monoisotopic (exact) mass is 489 g/mol. The molecule has 0 saturated carbocycles. The van der Waals surface area contributed by atoms with Gasteiger partial charge in [0.1, 0.15) is 12.4 Å². The van der Waals surface area contributed by atoms with E-state index in [-0.39, 0.29) is 6.42 Å². The van der Waals surface area contributed by atoms with Crippen LogP contribution < -0.4 is 16.2 Å². The fraction of sp³-hybridized carbons (Fsp3) is 0.0833. The van der Waals surface area contributed by atoms with Gasteiger partial charge < -0.3 is 5.32 Å². The number of hydrazine groups is 1. The van der Waals surface area contributed by atoms with Crippen LogP contribution in [-0.2, 0) is 11.2 Å². The maximum atomic E-state index is 12.9. The standard InChI is InChI=1S/C24H20ClN7O3/c25-19-10-6-17(7-11-19)22(33)27-21(14-16-4-2-1-3-5-16)24(35)29-28-23(34)18-8-12-20(13-9-18)32-15-26-30-31-32/h1-13,15,21H,14H2,(H,27,33)(H,28,34)(H,29,35)/t21-/m0/s1. The van der Waals surface area contributed by atoms with Crippen molar-refractivity contribution in [2.75, 3.05) is 0 Å². The van der Waals surface area contributed by atoms with Gasteiger partial charge >= 0.3 is 0 Å². The van der Waals surface area contributed by atoms with Crippen LogP contribution in [-0.4, -0.2) is 44.0 Å². The number of carbonyl (C=O) groups excluding carboxylic acids is 3. The van der Waals surface area contributed by atoms with Crippen molar-refractivity contribution in [2.24, 2.45) is 0 Å². The predicted octanol–water partition coefficient (Wildman–Crippen LogP) is 2.12. The molecule has 0 unspecified atom stereocenters. The van der Waals surface area contributed by atoms with Crippen molar-refractivity contribution in [3.63, 3.8) is 0 Å². The molecular weight excluding hydrogens is 470 g/mol. The van der Waals surface area contributed by atoms with Gasteiger partial charge in [0.05, 0.1) is 5.69 Å². The smallest absolute Gasteiger partial charge is 0.269 e. The molecule has 1 atom stereocenters. The van der Waals surface area contributed by atoms with Crippen LogP contribution in [0.4, 0.5) is 0 Å². The molecule has 3 amide bonds. The summed E-state index contributed by atoms with van der Waals surface area (Å²) in [4.78, 5) is 38.2. The average Bonchev–Trinajstić information content (AvgIpc) is 3.43. The van der Waals surface area contributed by atoms with Gasteiger partial charge in [0.2, 0.25) is 0 Å². The van der Waals surface area contributed by atoms with E-state index in [1.54, 1.807) is 48.5 Å². The zero-order valence-electron chi connectivity index (χ0n) is 18.3. The summed E-state index contributed by atoms with van der Waals surface area (Å²) < 4.78 is 1.45. The molecule has 0 fully saturated rings. The van der Waals surface area contributed by atoms with E-state index in [0.717, 1.165) is 5.56 Å². The highest BCUT2D eigenvalue weighted by Gasteiger charge is 2.23. The fourth-order valence-corrected chi connectivity index (χ4v) is 3.35. The molecule has 0 aliphatic rings. The van der Waals surface area contributed by atoms with Crippen molar-refractivity contribution in [2.45, 2.75) is 12.5 Å². The van der Waals surface area contributed by atoms with Crippen LogP contribution in [0.2, 0.25) is 5.02 Å². The van der Waals surface area contributed by atoms with Crippen LogP contribution in [0.3, 0.4) is 0 Å². The lowest BCUT2D eigenvalue weighted by Crippen LogP contribution is -2.53. The first-order chi connectivity index (χ1) is 17.0. The van der Waals surface area contributed by atoms with Crippen molar-refractivity contribution in [3.05, 3.63) is 107 Å². The average molecular weight is 490 g/mol. The van der Waals surface area contributed by atoms with Gasteiger partial charge in [0, 0.05) is 22.6 Å². The molecule has 3 aromatic carbocycles. The molecule has 0 saturated heterocycles. The van der Waals surface area contributed by atoms with E-state index < -0.39 is 23.8 Å². The van der Waals surface area contributed by atoms with Crippen molar-refractivity contribution in [1.29, 1.82) is 0 Å². The van der Waals surface area contributed by atoms with E-state index >= 15 is 0 Å². The Balaban J connectivity index is 1.41. The Labute approximate surface area is 205 Å². The molecule has 11 heteroatoms. The molecular formula is C24H20ClN7O3. The highest BCUT2D eigenvalue weighted by atomic mass is 35.5. The maximum Gasteiger partial charge on any atom is 0.269 e. The number of aromatic nitrogens is 4. The van der Waals surface area contributed by atoms with Gasteiger partial charge in [0.25, 0.3) is 17.7 Å². The van der Waals surface area contributed by atoms with Crippen molar-refractivity contribution < 1.29 is 14.4 Å². The third-order valence-corrected chi connectivity index (χ3v) is 5.31. The number of nitrogens with zero attached hydrogens (tertiary/aromatic N) is 4. The molecule has 1 heterocycles. The molecule has 10 nitrogen and oxygen atoms in total. The Bertz CT molecular complexity index is 1300. The zero-order valence-corrected chi connectivity index (χ0v) is 19.0. The molecule has 1 aromatic heterocycles. The number of halogens is 1. The third kappa shape index (κ3) is 6.27. The van der Waals surface area contributed by atoms with Crippen molar-refractivity contribution in [3.8, 4) is 5.69 Å². The molecule has 4 rings (SSSR count). The zero-order chi connectivity index (χ0) is 24.6. The summed E-state index contributed by atoms with van der Waals surface area (Å²) in [5.41, 5.74) is 6.96. The van der Waals surface area contributed by atoms with E-state index in [0.29, 0.717) is 21.8 Å². The molecule has 0 aliphatic heterocycles. The van der Waals surface area contributed by atoms with E-state index in [2.05, 4.69) is 31.7 Å². The van der Waals surface area contributed by atoms with Gasteiger partial charge in [-0.05, 0) is 64.5 Å². The van der Waals surface area contributed by atoms with E-state index in [9.17, 15) is 14.4 Å². The first kappa shape index (κ1) is 23.6. The SMILES string of the molecule is O=C(NNC(=O)[C@H](Cc1ccccc1)NC(=O)c1ccc(Cl)cc1)c1ccc(-n2cnnn2)cc1. The second-order valence-electron chi connectivity index (χ2n) is 7.47. The number of carbonyl (C=O) groups is 3. The van der Waals surface area contributed by atoms with Gasteiger partial charge in [-0.25, -0.2) is 4.68 Å². The van der Waals surface area contributed by atoms with Crippen LogP contribution in [0.5, 0.6) is 0 Å². The van der Waals surface area contributed by atoms with Gasteiger partial charge in [0.15, 0.2) is 0 Å². The first-order valence-electron chi connectivity index (χ1n) is 10.5. The number of benzene rings is 3. The number of hydrogen-bond donors (Lipinski definition) is 3. The largest absolute Gasteiger partial charge is 0.340 e. The Hall–Kier alpha value is -4.57. The molecule has 0 bridgehead atoms.